The molecule has 0 aliphatic heterocycles. The number of nitrogen functional groups attached to an aromatic ring is 1. The average Bonchev–Trinajstić information content (AvgIpc) is 2.31. The van der Waals surface area contributed by atoms with Gasteiger partial charge in [0, 0.05) is 12.2 Å². The molecule has 0 saturated heterocycles. The van der Waals surface area contributed by atoms with Gasteiger partial charge in [-0.2, -0.15) is 4.98 Å². The summed E-state index contributed by atoms with van der Waals surface area (Å²) in [4.78, 5) is 8.26. The Morgan fingerprint density at radius 3 is 2.81 bits per heavy atom. The lowest BCUT2D eigenvalue weighted by Gasteiger charge is -2.17. The average molecular weight is 288 g/mol. The SMILES string of the molecule is CCCC(CC)Nc1nc(NN)ncc1Br. The van der Waals surface area contributed by atoms with Crippen LogP contribution in [0.3, 0.4) is 0 Å². The van der Waals surface area contributed by atoms with Crippen molar-refractivity contribution in [3.05, 3.63) is 10.7 Å². The molecule has 1 atom stereocenters. The third-order valence-corrected chi connectivity index (χ3v) is 2.92. The summed E-state index contributed by atoms with van der Waals surface area (Å²) >= 11 is 3.41. The summed E-state index contributed by atoms with van der Waals surface area (Å²) in [6.07, 6.45) is 5.02. The molecule has 6 heteroatoms. The van der Waals surface area contributed by atoms with Gasteiger partial charge >= 0.3 is 0 Å². The number of nitrogens with one attached hydrogen (secondary N) is 2. The predicted octanol–water partition coefficient (Wildman–Crippen LogP) is 2.52. The summed E-state index contributed by atoms with van der Waals surface area (Å²) in [5.41, 5.74) is 2.43. The molecule has 4 N–H and O–H groups in total. The lowest BCUT2D eigenvalue weighted by atomic mass is 10.1. The number of nitrogens with two attached hydrogens (primary N) is 1. The second-order valence-corrected chi connectivity index (χ2v) is 4.43. The lowest BCUT2D eigenvalue weighted by Crippen LogP contribution is -2.20. The molecule has 1 aromatic rings. The molecule has 0 fully saturated rings. The Balaban J connectivity index is 2.77. The van der Waals surface area contributed by atoms with E-state index in [1.807, 2.05) is 0 Å². The van der Waals surface area contributed by atoms with Crippen LogP contribution in [-0.4, -0.2) is 16.0 Å². The zero-order valence-electron chi connectivity index (χ0n) is 9.63. The van der Waals surface area contributed by atoms with Gasteiger partial charge in [0.15, 0.2) is 0 Å². The van der Waals surface area contributed by atoms with Crippen molar-refractivity contribution in [1.82, 2.24) is 9.97 Å². The Morgan fingerprint density at radius 1 is 1.50 bits per heavy atom. The van der Waals surface area contributed by atoms with Crippen LogP contribution in [-0.2, 0) is 0 Å². The summed E-state index contributed by atoms with van der Waals surface area (Å²) < 4.78 is 0.848. The van der Waals surface area contributed by atoms with Gasteiger partial charge in [0.1, 0.15) is 5.82 Å². The minimum absolute atomic E-state index is 0.414. The molecule has 0 amide bonds. The molecule has 1 aromatic heterocycles. The molecule has 1 rings (SSSR count). The molecular weight excluding hydrogens is 270 g/mol. The van der Waals surface area contributed by atoms with Crippen LogP contribution < -0.4 is 16.6 Å². The van der Waals surface area contributed by atoms with Crippen LogP contribution in [0.5, 0.6) is 0 Å². The van der Waals surface area contributed by atoms with Gasteiger partial charge in [-0.1, -0.05) is 20.3 Å². The molecule has 0 aromatic carbocycles. The van der Waals surface area contributed by atoms with E-state index in [4.69, 9.17) is 5.84 Å². The molecule has 1 unspecified atom stereocenters. The maximum Gasteiger partial charge on any atom is 0.239 e. The summed E-state index contributed by atoms with van der Waals surface area (Å²) in [7, 11) is 0. The number of halogens is 1. The van der Waals surface area contributed by atoms with Crippen molar-refractivity contribution in [3.8, 4) is 0 Å². The van der Waals surface area contributed by atoms with Gasteiger partial charge in [0.25, 0.3) is 0 Å². The molecule has 16 heavy (non-hydrogen) atoms. The number of hydrogen-bond acceptors (Lipinski definition) is 5. The Bertz CT molecular complexity index is 331. The van der Waals surface area contributed by atoms with E-state index < -0.39 is 0 Å². The Kier molecular flexibility index (Phi) is 5.48. The van der Waals surface area contributed by atoms with Crippen LogP contribution in [0.15, 0.2) is 10.7 Å². The number of rotatable bonds is 6. The first kappa shape index (κ1) is 13.2. The van der Waals surface area contributed by atoms with Gasteiger partial charge < -0.3 is 5.32 Å². The summed E-state index contributed by atoms with van der Waals surface area (Å²) in [5.74, 6) is 6.47. The lowest BCUT2D eigenvalue weighted by molar-refractivity contribution is 0.620. The van der Waals surface area contributed by atoms with Crippen LogP contribution >= 0.6 is 15.9 Å². The number of anilines is 2. The van der Waals surface area contributed by atoms with Crippen molar-refractivity contribution in [1.29, 1.82) is 0 Å². The number of nitrogens with zero attached hydrogens (tertiary/aromatic N) is 2. The Labute approximate surface area is 104 Å². The molecule has 1 heterocycles. The minimum atomic E-state index is 0.414. The molecule has 0 saturated carbocycles. The van der Waals surface area contributed by atoms with E-state index in [0.717, 1.165) is 29.6 Å². The van der Waals surface area contributed by atoms with E-state index in [0.29, 0.717) is 12.0 Å². The molecule has 0 spiro atoms. The van der Waals surface area contributed by atoms with E-state index in [-0.39, 0.29) is 0 Å². The molecule has 0 radical (unpaired) electrons. The van der Waals surface area contributed by atoms with Crippen LogP contribution in [0, 0.1) is 0 Å². The fourth-order valence-corrected chi connectivity index (χ4v) is 1.76. The van der Waals surface area contributed by atoms with Crippen LogP contribution in [0.2, 0.25) is 0 Å². The standard InChI is InChI=1S/C10H18BrN5/c1-3-5-7(4-2)14-9-8(11)6-13-10(15-9)16-12/h6-7H,3-5,12H2,1-2H3,(H2,13,14,15,16). The molecule has 0 aliphatic carbocycles. The number of aromatic nitrogens is 2. The molecule has 0 aliphatic rings. The van der Waals surface area contributed by atoms with E-state index in [1.165, 1.54) is 0 Å². The van der Waals surface area contributed by atoms with Gasteiger partial charge in [-0.15, -0.1) is 0 Å². The normalized spacial score (nSPS) is 12.2. The predicted molar refractivity (Wildman–Crippen MR) is 70.2 cm³/mol. The Hall–Kier alpha value is -0.880. The van der Waals surface area contributed by atoms with Gasteiger partial charge in [-0.05, 0) is 28.8 Å². The summed E-state index contributed by atoms with van der Waals surface area (Å²) in [6.45, 7) is 4.33. The highest BCUT2D eigenvalue weighted by Crippen LogP contribution is 2.22. The van der Waals surface area contributed by atoms with Crippen molar-refractivity contribution in [2.24, 2.45) is 5.84 Å². The fourth-order valence-electron chi connectivity index (χ4n) is 1.46. The van der Waals surface area contributed by atoms with Gasteiger partial charge in [-0.25, -0.2) is 10.8 Å². The van der Waals surface area contributed by atoms with Crippen LogP contribution in [0.4, 0.5) is 11.8 Å². The van der Waals surface area contributed by atoms with E-state index in [9.17, 15) is 0 Å². The van der Waals surface area contributed by atoms with E-state index >= 15 is 0 Å². The largest absolute Gasteiger partial charge is 0.366 e. The van der Waals surface area contributed by atoms with Crippen LogP contribution in [0.1, 0.15) is 33.1 Å². The second kappa shape index (κ2) is 6.65. The van der Waals surface area contributed by atoms with Gasteiger partial charge in [-0.3, -0.25) is 5.43 Å². The highest BCUT2D eigenvalue weighted by atomic mass is 79.9. The topological polar surface area (TPSA) is 75.9 Å². The molecule has 90 valence electrons. The third-order valence-electron chi connectivity index (χ3n) is 2.34. The first-order valence-electron chi connectivity index (χ1n) is 5.46. The van der Waals surface area contributed by atoms with Crippen LogP contribution in [0.25, 0.3) is 0 Å². The van der Waals surface area contributed by atoms with Crippen molar-refractivity contribution in [2.45, 2.75) is 39.2 Å². The second-order valence-electron chi connectivity index (χ2n) is 3.57. The van der Waals surface area contributed by atoms with E-state index in [2.05, 4.69) is 50.5 Å². The fraction of sp³-hybridized carbons (Fsp3) is 0.600. The maximum absolute atomic E-state index is 5.27. The van der Waals surface area contributed by atoms with Crippen molar-refractivity contribution >= 4 is 27.7 Å². The first-order valence-corrected chi connectivity index (χ1v) is 6.26. The van der Waals surface area contributed by atoms with Gasteiger partial charge in [0.2, 0.25) is 5.95 Å². The van der Waals surface area contributed by atoms with Crippen molar-refractivity contribution in [3.63, 3.8) is 0 Å². The number of hydrazine groups is 1. The first-order chi connectivity index (χ1) is 7.71. The summed E-state index contributed by atoms with van der Waals surface area (Å²) in [6, 6.07) is 0.432. The van der Waals surface area contributed by atoms with Crippen molar-refractivity contribution < 1.29 is 0 Å². The smallest absolute Gasteiger partial charge is 0.239 e. The Morgan fingerprint density at radius 2 is 2.25 bits per heavy atom. The number of hydrogen-bond donors (Lipinski definition) is 3. The van der Waals surface area contributed by atoms with E-state index in [1.54, 1.807) is 6.20 Å². The maximum atomic E-state index is 5.27. The minimum Gasteiger partial charge on any atom is -0.366 e. The molecule has 5 nitrogen and oxygen atoms in total. The molecule has 0 bridgehead atoms. The van der Waals surface area contributed by atoms with Crippen molar-refractivity contribution in [2.75, 3.05) is 10.7 Å². The monoisotopic (exact) mass is 287 g/mol. The zero-order valence-corrected chi connectivity index (χ0v) is 11.2. The highest BCUT2D eigenvalue weighted by molar-refractivity contribution is 9.10. The summed E-state index contributed by atoms with van der Waals surface area (Å²) in [5, 5.41) is 3.38. The third kappa shape index (κ3) is 3.61. The van der Waals surface area contributed by atoms with Gasteiger partial charge in [0.05, 0.1) is 4.47 Å². The molecular formula is C10H18BrN5. The quantitative estimate of drug-likeness (QED) is 0.554. The zero-order chi connectivity index (χ0) is 12.0. The highest BCUT2D eigenvalue weighted by Gasteiger charge is 2.09.